The van der Waals surface area contributed by atoms with Gasteiger partial charge in [-0.25, -0.2) is 0 Å². The number of hydrogen-bond acceptors (Lipinski definition) is 3. The van der Waals surface area contributed by atoms with Crippen LogP contribution in [0.5, 0.6) is 0 Å². The number of rotatable bonds is 5. The van der Waals surface area contributed by atoms with Crippen LogP contribution in [0, 0.1) is 0 Å². The fourth-order valence-corrected chi connectivity index (χ4v) is 2.60. The molecule has 2 unspecified atom stereocenters. The molecule has 1 aliphatic heterocycles. The molecule has 1 fully saturated rings. The van der Waals surface area contributed by atoms with E-state index in [1.165, 1.54) is 0 Å². The summed E-state index contributed by atoms with van der Waals surface area (Å²) in [7, 11) is 0. The van der Waals surface area contributed by atoms with Crippen LogP contribution in [0.1, 0.15) is 39.4 Å². The number of carbonyl (C=O) groups is 2. The molecule has 1 saturated heterocycles. The lowest BCUT2D eigenvalue weighted by Crippen LogP contribution is -2.69. The lowest BCUT2D eigenvalue weighted by molar-refractivity contribution is -0.154. The summed E-state index contributed by atoms with van der Waals surface area (Å²) in [5, 5.41) is 2.86. The molecule has 1 aromatic rings. The van der Waals surface area contributed by atoms with Gasteiger partial charge in [-0.1, -0.05) is 13.8 Å². The second-order valence-corrected chi connectivity index (χ2v) is 5.43. The topological polar surface area (TPSA) is 62.6 Å². The molecule has 1 N–H and O–H groups in total. The highest BCUT2D eigenvalue weighted by molar-refractivity contribution is 5.99. The van der Waals surface area contributed by atoms with E-state index in [1.807, 2.05) is 26.0 Å². The molecular formula is C15H22N2O3. The van der Waals surface area contributed by atoms with Crippen LogP contribution in [0.25, 0.3) is 0 Å². The Hall–Kier alpha value is -1.78. The Morgan fingerprint density at radius 3 is 2.70 bits per heavy atom. The van der Waals surface area contributed by atoms with E-state index in [1.54, 1.807) is 18.1 Å². The van der Waals surface area contributed by atoms with Gasteiger partial charge in [0.2, 0.25) is 11.8 Å². The Balaban J connectivity index is 2.16. The van der Waals surface area contributed by atoms with Crippen molar-refractivity contribution in [3.8, 4) is 0 Å². The van der Waals surface area contributed by atoms with Gasteiger partial charge in [0.15, 0.2) is 0 Å². The van der Waals surface area contributed by atoms with E-state index in [0.717, 1.165) is 5.76 Å². The molecule has 2 rings (SSSR count). The molecule has 0 spiro atoms. The van der Waals surface area contributed by atoms with E-state index in [4.69, 9.17) is 4.42 Å². The average Bonchev–Trinajstić information content (AvgIpc) is 2.94. The maximum atomic E-state index is 12.6. The third kappa shape index (κ3) is 2.57. The molecule has 2 heterocycles. The van der Waals surface area contributed by atoms with Gasteiger partial charge in [-0.05, 0) is 31.9 Å². The van der Waals surface area contributed by atoms with Crippen LogP contribution in [0.4, 0.5) is 0 Å². The van der Waals surface area contributed by atoms with Gasteiger partial charge in [-0.15, -0.1) is 0 Å². The van der Waals surface area contributed by atoms with Gasteiger partial charge in [-0.3, -0.25) is 9.59 Å². The number of hydrogen-bond donors (Lipinski definition) is 1. The first-order valence-electron chi connectivity index (χ1n) is 7.17. The lowest BCUT2D eigenvalue weighted by atomic mass is 9.91. The quantitative estimate of drug-likeness (QED) is 0.892. The molecule has 2 amide bonds. The molecule has 110 valence electrons. The highest BCUT2D eigenvalue weighted by Crippen LogP contribution is 2.23. The lowest BCUT2D eigenvalue weighted by Gasteiger charge is -2.43. The van der Waals surface area contributed by atoms with Crippen molar-refractivity contribution in [2.24, 2.45) is 0 Å². The van der Waals surface area contributed by atoms with Crippen LogP contribution in [-0.2, 0) is 16.0 Å². The minimum atomic E-state index is -0.786. The van der Waals surface area contributed by atoms with Gasteiger partial charge >= 0.3 is 0 Å². The Kier molecular flexibility index (Phi) is 4.16. The molecule has 0 bridgehead atoms. The maximum absolute atomic E-state index is 12.6. The molecule has 20 heavy (non-hydrogen) atoms. The molecule has 0 aromatic carbocycles. The monoisotopic (exact) mass is 278 g/mol. The fourth-order valence-electron chi connectivity index (χ4n) is 2.60. The van der Waals surface area contributed by atoms with Crippen molar-refractivity contribution in [2.75, 3.05) is 6.54 Å². The van der Waals surface area contributed by atoms with Gasteiger partial charge in [-0.2, -0.15) is 0 Å². The van der Waals surface area contributed by atoms with Crippen molar-refractivity contribution in [1.82, 2.24) is 10.2 Å². The van der Waals surface area contributed by atoms with Gasteiger partial charge in [0.05, 0.1) is 6.26 Å². The SMILES string of the molecule is CCC1C(=O)NC(C)(CC)C(=O)N1CCc1ccco1. The Labute approximate surface area is 119 Å². The number of nitrogens with zero attached hydrogens (tertiary/aromatic N) is 1. The highest BCUT2D eigenvalue weighted by atomic mass is 16.3. The van der Waals surface area contributed by atoms with Crippen LogP contribution in [0.3, 0.4) is 0 Å². The second kappa shape index (κ2) is 5.69. The molecule has 1 aromatic heterocycles. The zero-order valence-electron chi connectivity index (χ0n) is 12.3. The third-order valence-electron chi connectivity index (χ3n) is 4.08. The van der Waals surface area contributed by atoms with Crippen LogP contribution in [-0.4, -0.2) is 34.8 Å². The Bertz CT molecular complexity index is 483. The predicted molar refractivity (Wildman–Crippen MR) is 75.0 cm³/mol. The normalized spacial score (nSPS) is 26.8. The predicted octanol–water partition coefficient (Wildman–Crippen LogP) is 1.73. The fraction of sp³-hybridized carbons (Fsp3) is 0.600. The average molecular weight is 278 g/mol. The van der Waals surface area contributed by atoms with Crippen molar-refractivity contribution in [1.29, 1.82) is 0 Å². The van der Waals surface area contributed by atoms with E-state index in [0.29, 0.717) is 25.8 Å². The summed E-state index contributed by atoms with van der Waals surface area (Å²) in [5.41, 5.74) is -0.786. The highest BCUT2D eigenvalue weighted by Gasteiger charge is 2.45. The number of furan rings is 1. The van der Waals surface area contributed by atoms with Gasteiger partial charge in [0.25, 0.3) is 0 Å². The Morgan fingerprint density at radius 2 is 2.15 bits per heavy atom. The number of nitrogens with one attached hydrogen (secondary N) is 1. The number of piperazine rings is 1. The molecule has 1 aliphatic rings. The third-order valence-corrected chi connectivity index (χ3v) is 4.08. The number of carbonyl (C=O) groups excluding carboxylic acids is 2. The number of amides is 2. The van der Waals surface area contributed by atoms with Crippen molar-refractivity contribution in [2.45, 2.75) is 51.6 Å². The zero-order chi connectivity index (χ0) is 14.8. The summed E-state index contributed by atoms with van der Waals surface area (Å²) in [6.45, 7) is 6.13. The Morgan fingerprint density at radius 1 is 1.40 bits per heavy atom. The van der Waals surface area contributed by atoms with Crippen LogP contribution in [0.2, 0.25) is 0 Å². The van der Waals surface area contributed by atoms with E-state index in [-0.39, 0.29) is 17.9 Å². The first-order valence-corrected chi connectivity index (χ1v) is 7.17. The molecule has 0 saturated carbocycles. The van der Waals surface area contributed by atoms with E-state index < -0.39 is 5.54 Å². The summed E-state index contributed by atoms with van der Waals surface area (Å²) in [4.78, 5) is 26.5. The van der Waals surface area contributed by atoms with E-state index in [9.17, 15) is 9.59 Å². The van der Waals surface area contributed by atoms with Gasteiger partial charge in [0.1, 0.15) is 17.3 Å². The van der Waals surface area contributed by atoms with E-state index in [2.05, 4.69) is 5.32 Å². The maximum Gasteiger partial charge on any atom is 0.248 e. The van der Waals surface area contributed by atoms with Crippen molar-refractivity contribution in [3.63, 3.8) is 0 Å². The standard InChI is InChI=1S/C15H22N2O3/c1-4-12-13(18)16-15(3,5-2)14(19)17(12)9-8-11-7-6-10-20-11/h6-7,10,12H,4-5,8-9H2,1-3H3,(H,16,18). The van der Waals surface area contributed by atoms with Crippen molar-refractivity contribution >= 4 is 11.8 Å². The van der Waals surface area contributed by atoms with Crippen LogP contribution in [0.15, 0.2) is 22.8 Å². The summed E-state index contributed by atoms with van der Waals surface area (Å²) in [6.07, 6.45) is 3.45. The summed E-state index contributed by atoms with van der Waals surface area (Å²) in [6, 6.07) is 3.33. The van der Waals surface area contributed by atoms with Gasteiger partial charge in [0, 0.05) is 13.0 Å². The summed E-state index contributed by atoms with van der Waals surface area (Å²) in [5.74, 6) is 0.769. The van der Waals surface area contributed by atoms with E-state index >= 15 is 0 Å². The van der Waals surface area contributed by atoms with Gasteiger partial charge < -0.3 is 14.6 Å². The molecule has 0 aliphatic carbocycles. The summed E-state index contributed by atoms with van der Waals surface area (Å²) >= 11 is 0. The zero-order valence-corrected chi connectivity index (χ0v) is 12.3. The molecule has 0 radical (unpaired) electrons. The first-order chi connectivity index (χ1) is 9.51. The summed E-state index contributed by atoms with van der Waals surface area (Å²) < 4.78 is 5.30. The molecular weight excluding hydrogens is 256 g/mol. The minimum absolute atomic E-state index is 0.00185. The molecule has 5 heteroatoms. The second-order valence-electron chi connectivity index (χ2n) is 5.43. The first kappa shape index (κ1) is 14.6. The van der Waals surface area contributed by atoms with Crippen molar-refractivity contribution < 1.29 is 14.0 Å². The van der Waals surface area contributed by atoms with Crippen LogP contribution >= 0.6 is 0 Å². The van der Waals surface area contributed by atoms with Crippen LogP contribution < -0.4 is 5.32 Å². The molecule has 2 atom stereocenters. The minimum Gasteiger partial charge on any atom is -0.469 e. The smallest absolute Gasteiger partial charge is 0.248 e. The largest absolute Gasteiger partial charge is 0.469 e. The molecule has 5 nitrogen and oxygen atoms in total. The van der Waals surface area contributed by atoms with Crippen molar-refractivity contribution in [3.05, 3.63) is 24.2 Å².